The second kappa shape index (κ2) is 8.13. The van der Waals surface area contributed by atoms with Crippen LogP contribution in [0.5, 0.6) is 5.75 Å². The highest BCUT2D eigenvalue weighted by Crippen LogP contribution is 2.17. The zero-order valence-corrected chi connectivity index (χ0v) is 13.6. The molecule has 2 aromatic carbocycles. The largest absolute Gasteiger partial charge is 0.491 e. The second-order valence-corrected chi connectivity index (χ2v) is 6.04. The van der Waals surface area contributed by atoms with Gasteiger partial charge in [0.15, 0.2) is 0 Å². The molecule has 5 heteroatoms. The summed E-state index contributed by atoms with van der Waals surface area (Å²) in [5, 5.41) is 10.2. The molecule has 0 radical (unpaired) electrons. The molecular weight excluding hydrogens is 307 g/mol. The molecule has 0 bridgehead atoms. The fourth-order valence-electron chi connectivity index (χ4n) is 2.90. The number of para-hydroxylation sites is 1. The van der Waals surface area contributed by atoms with Crippen molar-refractivity contribution in [2.75, 3.05) is 44.2 Å². The first kappa shape index (κ1) is 16.7. The number of piperazine rings is 1. The normalized spacial score (nSPS) is 16.8. The number of aliphatic hydroxyl groups is 1. The van der Waals surface area contributed by atoms with Gasteiger partial charge in [0.1, 0.15) is 24.3 Å². The van der Waals surface area contributed by atoms with Crippen molar-refractivity contribution < 1.29 is 14.2 Å². The Labute approximate surface area is 142 Å². The van der Waals surface area contributed by atoms with Gasteiger partial charge in [0.05, 0.1) is 0 Å². The van der Waals surface area contributed by atoms with Crippen LogP contribution in [-0.2, 0) is 0 Å². The van der Waals surface area contributed by atoms with Crippen LogP contribution in [0.25, 0.3) is 0 Å². The van der Waals surface area contributed by atoms with Gasteiger partial charge >= 0.3 is 0 Å². The number of rotatable bonds is 6. The molecule has 1 heterocycles. The first-order valence-electron chi connectivity index (χ1n) is 8.29. The van der Waals surface area contributed by atoms with E-state index < -0.39 is 6.10 Å². The lowest BCUT2D eigenvalue weighted by atomic mass is 10.2. The van der Waals surface area contributed by atoms with Crippen LogP contribution in [0.4, 0.5) is 10.1 Å². The molecule has 0 saturated carbocycles. The fourth-order valence-corrected chi connectivity index (χ4v) is 2.90. The lowest BCUT2D eigenvalue weighted by Gasteiger charge is -2.36. The summed E-state index contributed by atoms with van der Waals surface area (Å²) < 4.78 is 18.6. The van der Waals surface area contributed by atoms with Crippen molar-refractivity contribution in [1.29, 1.82) is 0 Å². The highest BCUT2D eigenvalue weighted by Gasteiger charge is 2.19. The number of hydrogen-bond donors (Lipinski definition) is 1. The van der Waals surface area contributed by atoms with Crippen molar-refractivity contribution in [1.82, 2.24) is 4.90 Å². The molecule has 4 nitrogen and oxygen atoms in total. The number of aliphatic hydroxyl groups excluding tert-OH is 1. The van der Waals surface area contributed by atoms with Crippen LogP contribution >= 0.6 is 0 Å². The van der Waals surface area contributed by atoms with E-state index in [1.54, 1.807) is 0 Å². The third-order valence-corrected chi connectivity index (χ3v) is 4.22. The second-order valence-electron chi connectivity index (χ2n) is 6.04. The van der Waals surface area contributed by atoms with Crippen LogP contribution in [0.1, 0.15) is 0 Å². The van der Waals surface area contributed by atoms with Gasteiger partial charge in [0.25, 0.3) is 0 Å². The van der Waals surface area contributed by atoms with Gasteiger partial charge in [0, 0.05) is 38.4 Å². The van der Waals surface area contributed by atoms with E-state index >= 15 is 0 Å². The lowest BCUT2D eigenvalue weighted by molar-refractivity contribution is 0.0663. The highest BCUT2D eigenvalue weighted by molar-refractivity contribution is 5.46. The summed E-state index contributed by atoms with van der Waals surface area (Å²) in [5.74, 6) is 0.566. The number of ether oxygens (including phenoxy) is 1. The number of benzene rings is 2. The molecule has 0 unspecified atom stereocenters. The van der Waals surface area contributed by atoms with Crippen LogP contribution < -0.4 is 9.64 Å². The topological polar surface area (TPSA) is 35.9 Å². The molecule has 1 saturated heterocycles. The van der Waals surface area contributed by atoms with Crippen molar-refractivity contribution in [2.45, 2.75) is 6.10 Å². The fraction of sp³-hybridized carbons (Fsp3) is 0.368. The number of nitrogens with zero attached hydrogens (tertiary/aromatic N) is 2. The van der Waals surface area contributed by atoms with E-state index in [1.807, 2.05) is 42.5 Å². The Kier molecular flexibility index (Phi) is 5.67. The van der Waals surface area contributed by atoms with Crippen LogP contribution in [0, 0.1) is 5.82 Å². The Morgan fingerprint density at radius 3 is 2.29 bits per heavy atom. The first-order valence-corrected chi connectivity index (χ1v) is 8.29. The molecule has 0 amide bonds. The Hall–Kier alpha value is -2.11. The van der Waals surface area contributed by atoms with E-state index in [2.05, 4.69) is 9.80 Å². The van der Waals surface area contributed by atoms with E-state index in [9.17, 15) is 9.50 Å². The molecule has 1 N–H and O–H groups in total. The SMILES string of the molecule is O[C@@H](COc1ccccc1)CN1CCN(c2ccc(F)cc2)CC1. The van der Waals surface area contributed by atoms with Gasteiger partial charge in [-0.3, -0.25) is 4.90 Å². The maximum absolute atomic E-state index is 13.0. The molecule has 2 aromatic rings. The van der Waals surface area contributed by atoms with Crippen molar-refractivity contribution in [3.05, 3.63) is 60.4 Å². The van der Waals surface area contributed by atoms with Gasteiger partial charge in [-0.1, -0.05) is 18.2 Å². The van der Waals surface area contributed by atoms with Crippen LogP contribution in [0.3, 0.4) is 0 Å². The molecule has 1 atom stereocenters. The Morgan fingerprint density at radius 2 is 1.62 bits per heavy atom. The average Bonchev–Trinajstić information content (AvgIpc) is 2.62. The van der Waals surface area contributed by atoms with Crippen LogP contribution in [0.15, 0.2) is 54.6 Å². The van der Waals surface area contributed by atoms with Crippen molar-refractivity contribution in [3.63, 3.8) is 0 Å². The lowest BCUT2D eigenvalue weighted by Crippen LogP contribution is -2.49. The summed E-state index contributed by atoms with van der Waals surface area (Å²) in [6.07, 6.45) is -0.512. The number of halogens is 1. The van der Waals surface area contributed by atoms with Gasteiger partial charge < -0.3 is 14.7 Å². The molecule has 0 aliphatic carbocycles. The molecule has 0 spiro atoms. The smallest absolute Gasteiger partial charge is 0.123 e. The third kappa shape index (κ3) is 4.69. The van der Waals surface area contributed by atoms with Gasteiger partial charge in [-0.15, -0.1) is 0 Å². The van der Waals surface area contributed by atoms with Gasteiger partial charge in [-0.05, 0) is 36.4 Å². The van der Waals surface area contributed by atoms with E-state index in [0.29, 0.717) is 13.2 Å². The number of hydrogen-bond acceptors (Lipinski definition) is 4. The molecule has 1 aliphatic rings. The monoisotopic (exact) mass is 330 g/mol. The molecule has 1 aliphatic heterocycles. The van der Waals surface area contributed by atoms with Crippen LogP contribution in [0.2, 0.25) is 0 Å². The predicted octanol–water partition coefficient (Wildman–Crippen LogP) is 2.39. The predicted molar refractivity (Wildman–Crippen MR) is 93.0 cm³/mol. The van der Waals surface area contributed by atoms with Crippen LogP contribution in [-0.4, -0.2) is 55.4 Å². The summed E-state index contributed by atoms with van der Waals surface area (Å²) in [4.78, 5) is 4.47. The summed E-state index contributed by atoms with van der Waals surface area (Å²) >= 11 is 0. The molecule has 3 rings (SSSR count). The van der Waals surface area contributed by atoms with Gasteiger partial charge in [-0.25, -0.2) is 4.39 Å². The third-order valence-electron chi connectivity index (χ3n) is 4.22. The van der Waals surface area contributed by atoms with Crippen molar-refractivity contribution >= 4 is 5.69 Å². The Balaban J connectivity index is 1.41. The Bertz CT molecular complexity index is 613. The van der Waals surface area contributed by atoms with Crippen molar-refractivity contribution in [2.24, 2.45) is 0 Å². The maximum atomic E-state index is 13.0. The Morgan fingerprint density at radius 1 is 0.958 bits per heavy atom. The van der Waals surface area contributed by atoms with Gasteiger partial charge in [-0.2, -0.15) is 0 Å². The zero-order valence-electron chi connectivity index (χ0n) is 13.6. The minimum Gasteiger partial charge on any atom is -0.491 e. The minimum absolute atomic E-state index is 0.209. The standard InChI is InChI=1S/C19H23FN2O2/c20-16-6-8-17(9-7-16)22-12-10-21(11-13-22)14-18(23)15-24-19-4-2-1-3-5-19/h1-9,18,23H,10-15H2/t18-/m1/s1. The van der Waals surface area contributed by atoms with E-state index in [1.165, 1.54) is 12.1 Å². The first-order chi connectivity index (χ1) is 11.7. The summed E-state index contributed by atoms with van der Waals surface area (Å²) in [6, 6.07) is 16.1. The maximum Gasteiger partial charge on any atom is 0.123 e. The minimum atomic E-state index is -0.512. The van der Waals surface area contributed by atoms with E-state index in [0.717, 1.165) is 37.6 Å². The average molecular weight is 330 g/mol. The highest BCUT2D eigenvalue weighted by atomic mass is 19.1. The summed E-state index contributed by atoms with van der Waals surface area (Å²) in [6.45, 7) is 4.39. The quantitative estimate of drug-likeness (QED) is 0.882. The molecule has 1 fully saturated rings. The molecule has 24 heavy (non-hydrogen) atoms. The van der Waals surface area contributed by atoms with Gasteiger partial charge in [0.2, 0.25) is 0 Å². The summed E-state index contributed by atoms with van der Waals surface area (Å²) in [5.41, 5.74) is 1.05. The van der Waals surface area contributed by atoms with E-state index in [-0.39, 0.29) is 5.82 Å². The number of β-amino-alcohol motifs (C(OH)–C–C–N with tert-alkyl or cyclic N) is 1. The molecule has 128 valence electrons. The number of anilines is 1. The zero-order chi connectivity index (χ0) is 16.8. The molecule has 0 aromatic heterocycles. The van der Waals surface area contributed by atoms with Crippen molar-refractivity contribution in [3.8, 4) is 5.75 Å². The molecular formula is C19H23FN2O2. The summed E-state index contributed by atoms with van der Waals surface area (Å²) in [7, 11) is 0. The van der Waals surface area contributed by atoms with E-state index in [4.69, 9.17) is 4.74 Å².